The third-order valence-electron chi connectivity index (χ3n) is 2.57. The number of hydrogen-bond donors (Lipinski definition) is 1. The molecule has 0 radical (unpaired) electrons. The summed E-state index contributed by atoms with van der Waals surface area (Å²) in [6.07, 6.45) is 1.63. The lowest BCUT2D eigenvalue weighted by Gasteiger charge is -2.20. The fourth-order valence-electron chi connectivity index (χ4n) is 1.87. The van der Waals surface area contributed by atoms with Gasteiger partial charge in [-0.15, -0.1) is 11.3 Å². The lowest BCUT2D eigenvalue weighted by atomic mass is 10.2. The fourth-order valence-corrected chi connectivity index (χ4v) is 2.51. The lowest BCUT2D eigenvalue weighted by Crippen LogP contribution is -2.34. The van der Waals surface area contributed by atoms with E-state index in [9.17, 15) is 4.39 Å². The van der Waals surface area contributed by atoms with Gasteiger partial charge in [0.2, 0.25) is 0 Å². The van der Waals surface area contributed by atoms with Crippen molar-refractivity contribution in [2.45, 2.75) is 25.2 Å². The Morgan fingerprint density at radius 2 is 2.57 bits per heavy atom. The van der Waals surface area contributed by atoms with Gasteiger partial charge in [0.15, 0.2) is 0 Å². The van der Waals surface area contributed by atoms with Crippen molar-refractivity contribution in [3.8, 4) is 0 Å². The number of rotatable bonds is 3. The van der Waals surface area contributed by atoms with Crippen LogP contribution in [0.2, 0.25) is 0 Å². The van der Waals surface area contributed by atoms with Crippen LogP contribution in [-0.2, 0) is 6.54 Å². The van der Waals surface area contributed by atoms with Crippen LogP contribution in [0.4, 0.5) is 4.39 Å². The molecule has 1 aromatic heterocycles. The minimum absolute atomic E-state index is 0.189. The number of thiazole rings is 1. The van der Waals surface area contributed by atoms with E-state index >= 15 is 0 Å². The van der Waals surface area contributed by atoms with Crippen molar-refractivity contribution in [3.63, 3.8) is 0 Å². The highest BCUT2D eigenvalue weighted by Crippen LogP contribution is 2.22. The van der Waals surface area contributed by atoms with E-state index in [1.807, 2.05) is 5.38 Å². The number of halogens is 1. The maximum absolute atomic E-state index is 13.1. The molecule has 0 aromatic carbocycles. The van der Waals surface area contributed by atoms with Gasteiger partial charge in [-0.1, -0.05) is 0 Å². The molecule has 0 spiro atoms. The van der Waals surface area contributed by atoms with E-state index in [1.165, 1.54) is 0 Å². The maximum Gasteiger partial charge on any atom is 0.114 e. The van der Waals surface area contributed by atoms with Crippen LogP contribution in [0.15, 0.2) is 11.6 Å². The Labute approximate surface area is 86.7 Å². The molecule has 14 heavy (non-hydrogen) atoms. The molecule has 0 saturated carbocycles. The largest absolute Gasteiger partial charge is 0.329 e. The van der Waals surface area contributed by atoms with Crippen molar-refractivity contribution >= 4 is 11.3 Å². The number of aromatic nitrogens is 1. The number of likely N-dealkylation sites (tertiary alicyclic amines) is 1. The molecule has 3 nitrogen and oxygen atoms in total. The molecule has 1 aromatic rings. The second-order valence-electron chi connectivity index (χ2n) is 3.58. The van der Waals surface area contributed by atoms with Gasteiger partial charge in [-0.05, 0) is 6.42 Å². The summed E-state index contributed by atoms with van der Waals surface area (Å²) in [5.41, 5.74) is 5.59. The van der Waals surface area contributed by atoms with Crippen LogP contribution in [0.25, 0.3) is 0 Å². The summed E-state index contributed by atoms with van der Waals surface area (Å²) in [4.78, 5) is 6.27. The number of hydrogen-bond acceptors (Lipinski definition) is 4. The Bertz CT molecular complexity index is 278. The smallest absolute Gasteiger partial charge is 0.114 e. The molecule has 5 heteroatoms. The Morgan fingerprint density at radius 1 is 1.71 bits per heavy atom. The van der Waals surface area contributed by atoms with E-state index in [1.54, 1.807) is 17.5 Å². The van der Waals surface area contributed by atoms with Gasteiger partial charge >= 0.3 is 0 Å². The van der Waals surface area contributed by atoms with Gasteiger partial charge < -0.3 is 5.73 Å². The molecule has 1 aliphatic rings. The van der Waals surface area contributed by atoms with Gasteiger partial charge in [-0.25, -0.2) is 9.37 Å². The zero-order valence-electron chi connectivity index (χ0n) is 7.90. The highest BCUT2D eigenvalue weighted by molar-refractivity contribution is 7.09. The normalized spacial score (nSPS) is 28.4. The van der Waals surface area contributed by atoms with E-state index in [0.717, 1.165) is 11.6 Å². The molecule has 1 aliphatic heterocycles. The van der Waals surface area contributed by atoms with Gasteiger partial charge in [0.25, 0.3) is 0 Å². The highest BCUT2D eigenvalue weighted by Gasteiger charge is 2.31. The Morgan fingerprint density at radius 3 is 3.21 bits per heavy atom. The Balaban J connectivity index is 1.97. The third kappa shape index (κ3) is 2.10. The average Bonchev–Trinajstić information content (AvgIpc) is 2.76. The van der Waals surface area contributed by atoms with E-state index in [-0.39, 0.29) is 6.04 Å². The maximum atomic E-state index is 13.1. The molecule has 0 amide bonds. The van der Waals surface area contributed by atoms with E-state index < -0.39 is 6.17 Å². The van der Waals surface area contributed by atoms with Crippen molar-refractivity contribution in [1.82, 2.24) is 9.88 Å². The summed E-state index contributed by atoms with van der Waals surface area (Å²) in [7, 11) is 0. The summed E-state index contributed by atoms with van der Waals surface area (Å²) in [6.45, 7) is 1.77. The summed E-state index contributed by atoms with van der Waals surface area (Å²) in [5.74, 6) is 0. The van der Waals surface area contributed by atoms with E-state index in [2.05, 4.69) is 9.88 Å². The second-order valence-corrected chi connectivity index (χ2v) is 4.56. The Hall–Kier alpha value is -0.520. The third-order valence-corrected chi connectivity index (χ3v) is 3.34. The van der Waals surface area contributed by atoms with E-state index in [4.69, 9.17) is 5.73 Å². The van der Waals surface area contributed by atoms with Gasteiger partial charge in [0, 0.05) is 30.7 Å². The molecule has 2 rings (SSSR count). The van der Waals surface area contributed by atoms with Crippen LogP contribution < -0.4 is 5.73 Å². The molecule has 78 valence electrons. The summed E-state index contributed by atoms with van der Waals surface area (Å²) >= 11 is 1.61. The van der Waals surface area contributed by atoms with E-state index in [0.29, 0.717) is 19.5 Å². The minimum Gasteiger partial charge on any atom is -0.329 e. The topological polar surface area (TPSA) is 42.1 Å². The van der Waals surface area contributed by atoms with Crippen molar-refractivity contribution < 1.29 is 4.39 Å². The Kier molecular flexibility index (Phi) is 3.10. The monoisotopic (exact) mass is 215 g/mol. The average molecular weight is 215 g/mol. The molecule has 2 atom stereocenters. The highest BCUT2D eigenvalue weighted by atomic mass is 32.1. The predicted octanol–water partition coefficient (Wildman–Crippen LogP) is 1.01. The first kappa shape index (κ1) is 10.0. The van der Waals surface area contributed by atoms with Crippen molar-refractivity contribution in [2.75, 3.05) is 13.1 Å². The number of nitrogens with two attached hydrogens (primary N) is 1. The van der Waals surface area contributed by atoms with Crippen LogP contribution in [0.5, 0.6) is 0 Å². The minimum atomic E-state index is -0.719. The zero-order valence-corrected chi connectivity index (χ0v) is 8.71. The molecule has 1 saturated heterocycles. The first-order valence-electron chi connectivity index (χ1n) is 4.76. The first-order chi connectivity index (χ1) is 6.79. The van der Waals surface area contributed by atoms with Crippen molar-refractivity contribution in [2.24, 2.45) is 5.73 Å². The molecular weight excluding hydrogens is 201 g/mol. The van der Waals surface area contributed by atoms with Gasteiger partial charge in [-0.3, -0.25) is 4.90 Å². The molecule has 0 aliphatic carbocycles. The van der Waals surface area contributed by atoms with Crippen molar-refractivity contribution in [1.29, 1.82) is 0 Å². The van der Waals surface area contributed by atoms with Crippen LogP contribution in [0, 0.1) is 0 Å². The van der Waals surface area contributed by atoms with Gasteiger partial charge in [0.1, 0.15) is 11.2 Å². The molecular formula is C9H14FN3S. The summed E-state index contributed by atoms with van der Waals surface area (Å²) in [6, 6.07) is 0.189. The standard InChI is InChI=1S/C9H14FN3S/c10-7-3-8(4-11)13(5-7)6-9-12-1-2-14-9/h1-2,7-8H,3-6,11H2/t7-,8-/m0/s1. The second kappa shape index (κ2) is 4.33. The van der Waals surface area contributed by atoms with Crippen LogP contribution in [0.3, 0.4) is 0 Å². The van der Waals surface area contributed by atoms with Crippen LogP contribution >= 0.6 is 11.3 Å². The van der Waals surface area contributed by atoms with Gasteiger partial charge in [0.05, 0.1) is 6.54 Å². The molecule has 1 fully saturated rings. The molecule has 0 unspecified atom stereocenters. The molecule has 2 N–H and O–H groups in total. The number of nitrogens with zero attached hydrogens (tertiary/aromatic N) is 2. The summed E-state index contributed by atoms with van der Waals surface area (Å²) in [5, 5.41) is 2.98. The molecule has 2 heterocycles. The van der Waals surface area contributed by atoms with Crippen LogP contribution in [-0.4, -0.2) is 35.2 Å². The van der Waals surface area contributed by atoms with Gasteiger partial charge in [-0.2, -0.15) is 0 Å². The lowest BCUT2D eigenvalue weighted by molar-refractivity contribution is 0.238. The molecule has 0 bridgehead atoms. The van der Waals surface area contributed by atoms with Crippen molar-refractivity contribution in [3.05, 3.63) is 16.6 Å². The predicted molar refractivity (Wildman–Crippen MR) is 54.9 cm³/mol. The fraction of sp³-hybridized carbons (Fsp3) is 0.667. The quantitative estimate of drug-likeness (QED) is 0.818. The first-order valence-corrected chi connectivity index (χ1v) is 5.64. The van der Waals surface area contributed by atoms with Crippen LogP contribution in [0.1, 0.15) is 11.4 Å². The zero-order chi connectivity index (χ0) is 9.97. The summed E-state index contributed by atoms with van der Waals surface area (Å²) < 4.78 is 13.1. The number of alkyl halides is 1. The SMILES string of the molecule is NC[C@@H]1C[C@H](F)CN1Cc1nccs1.